The first-order valence-corrected chi connectivity index (χ1v) is 17.2. The molecular formula is C35H40F6O6P2Ru. The monoisotopic (exact) mass is 834 g/mol. The van der Waals surface area contributed by atoms with Gasteiger partial charge in [-0.3, -0.25) is 0 Å². The van der Waals surface area contributed by atoms with Crippen molar-refractivity contribution in [2.24, 2.45) is 0 Å². The van der Waals surface area contributed by atoms with Crippen LogP contribution in [0, 0.1) is 0 Å². The third kappa shape index (κ3) is 18.2. The standard InChI is InChI=1S/C29H30P2.2C2HF3O2.2CH4O.Ru/c1-24(30(26-15-7-3-8-16-26)27-17-9-4-10-18-27)23-25(2)31(28-19-11-5-12-20-28)29-21-13-6-14-22-29;2*3-2(4,5)1(6)7;2*1-2;/h3-22,24-25H,23H2,1-2H3;2*(H,6,7);2*2H,1H3;/t24-,25-;;;;;/m0...../s1. The van der Waals surface area contributed by atoms with Crippen LogP contribution >= 0.6 is 15.8 Å². The number of halogens is 6. The third-order valence-electron chi connectivity index (χ3n) is 6.19. The molecule has 0 saturated heterocycles. The molecule has 2 atom stereocenters. The summed E-state index contributed by atoms with van der Waals surface area (Å²) in [4.78, 5) is 17.8. The summed E-state index contributed by atoms with van der Waals surface area (Å²) in [6.07, 6.45) is -8.95. The molecule has 4 N–H and O–H groups in total. The van der Waals surface area contributed by atoms with Crippen molar-refractivity contribution in [1.29, 1.82) is 0 Å². The van der Waals surface area contributed by atoms with Crippen molar-refractivity contribution in [3.8, 4) is 0 Å². The van der Waals surface area contributed by atoms with E-state index in [1.54, 1.807) is 0 Å². The molecule has 6 nitrogen and oxygen atoms in total. The molecule has 50 heavy (non-hydrogen) atoms. The van der Waals surface area contributed by atoms with Crippen LogP contribution in [0.15, 0.2) is 121 Å². The number of aliphatic carboxylic acids is 2. The SMILES string of the molecule is CO.CO.C[C@@H](C[C@H](C)P(c1ccccc1)c1ccccc1)P(c1ccccc1)c1ccccc1.O=C(O)C(F)(F)F.O=C(O)C(F)(F)F.[Ru]. The first-order valence-electron chi connectivity index (χ1n) is 14.4. The minimum atomic E-state index is -5.08. The summed E-state index contributed by atoms with van der Waals surface area (Å²) in [5.74, 6) is -5.51. The predicted molar refractivity (Wildman–Crippen MR) is 185 cm³/mol. The zero-order chi connectivity index (χ0) is 37.6. The molecule has 0 bridgehead atoms. The predicted octanol–water partition coefficient (Wildman–Crippen LogP) is 6.90. The van der Waals surface area contributed by atoms with Crippen LogP contribution in [0.3, 0.4) is 0 Å². The maximum Gasteiger partial charge on any atom is 0.490 e. The average molecular weight is 834 g/mol. The number of aliphatic hydroxyl groups is 2. The quantitative estimate of drug-likeness (QED) is 0.0874. The molecule has 0 aliphatic rings. The Labute approximate surface area is 303 Å². The number of hydrogen-bond acceptors (Lipinski definition) is 4. The summed E-state index contributed by atoms with van der Waals surface area (Å²) in [5, 5.41) is 34.2. The van der Waals surface area contributed by atoms with Crippen LogP contribution in [0.4, 0.5) is 26.3 Å². The Morgan fingerprint density at radius 1 is 0.500 bits per heavy atom. The zero-order valence-electron chi connectivity index (χ0n) is 27.5. The summed E-state index contributed by atoms with van der Waals surface area (Å²) in [5.41, 5.74) is 1.21. The Kier molecular flexibility index (Phi) is 25.2. The molecule has 276 valence electrons. The molecule has 15 heteroatoms. The maximum atomic E-state index is 10.6. The third-order valence-corrected chi connectivity index (χ3v) is 11.8. The second-order valence-electron chi connectivity index (χ2n) is 9.62. The first-order chi connectivity index (χ1) is 23.1. The van der Waals surface area contributed by atoms with Gasteiger partial charge in [0.15, 0.2) is 0 Å². The first kappa shape index (κ1) is 48.9. The van der Waals surface area contributed by atoms with Crippen LogP contribution in [0.5, 0.6) is 0 Å². The van der Waals surface area contributed by atoms with Gasteiger partial charge in [0.1, 0.15) is 0 Å². The van der Waals surface area contributed by atoms with E-state index in [0.29, 0.717) is 11.3 Å². The van der Waals surface area contributed by atoms with Gasteiger partial charge in [-0.15, -0.1) is 0 Å². The fraction of sp³-hybridized carbons (Fsp3) is 0.257. The summed E-state index contributed by atoms with van der Waals surface area (Å²) in [7, 11) is 1.21. The Bertz CT molecular complexity index is 1260. The Morgan fingerprint density at radius 3 is 0.800 bits per heavy atom. The number of alkyl halides is 6. The van der Waals surface area contributed by atoms with E-state index in [4.69, 9.17) is 30.0 Å². The van der Waals surface area contributed by atoms with Crippen molar-refractivity contribution in [1.82, 2.24) is 0 Å². The van der Waals surface area contributed by atoms with E-state index in [-0.39, 0.29) is 19.5 Å². The summed E-state index contributed by atoms with van der Waals surface area (Å²) < 4.78 is 63.5. The van der Waals surface area contributed by atoms with Gasteiger partial charge in [-0.25, -0.2) is 9.59 Å². The van der Waals surface area contributed by atoms with E-state index < -0.39 is 40.1 Å². The number of carboxylic acid groups (broad SMARTS) is 2. The van der Waals surface area contributed by atoms with Crippen LogP contribution in [-0.4, -0.2) is 70.3 Å². The fourth-order valence-corrected chi connectivity index (χ4v) is 10.2. The molecule has 0 amide bonds. The zero-order valence-corrected chi connectivity index (χ0v) is 31.1. The molecule has 0 spiro atoms. The Morgan fingerprint density at radius 2 is 0.660 bits per heavy atom. The number of rotatable bonds is 8. The van der Waals surface area contributed by atoms with E-state index in [0.717, 1.165) is 14.2 Å². The van der Waals surface area contributed by atoms with Gasteiger partial charge in [-0.2, -0.15) is 26.3 Å². The summed E-state index contributed by atoms with van der Waals surface area (Å²) in [6.45, 7) is 4.93. The average Bonchev–Trinajstić information content (AvgIpc) is 3.08. The van der Waals surface area contributed by atoms with Crippen LogP contribution in [-0.2, 0) is 29.1 Å². The van der Waals surface area contributed by atoms with Crippen molar-refractivity contribution in [2.75, 3.05) is 14.2 Å². The molecule has 0 aliphatic carbocycles. The second-order valence-corrected chi connectivity index (χ2v) is 14.9. The van der Waals surface area contributed by atoms with Gasteiger partial charge in [0.05, 0.1) is 0 Å². The minimum absolute atomic E-state index is 0. The number of benzene rings is 4. The van der Waals surface area contributed by atoms with E-state index in [2.05, 4.69) is 135 Å². The second kappa shape index (κ2) is 25.7. The topological polar surface area (TPSA) is 115 Å². The maximum absolute atomic E-state index is 10.6. The summed E-state index contributed by atoms with van der Waals surface area (Å²) in [6, 6.07) is 44.5. The van der Waals surface area contributed by atoms with Crippen molar-refractivity contribution in [2.45, 2.75) is 43.9 Å². The van der Waals surface area contributed by atoms with Crippen LogP contribution in [0.25, 0.3) is 0 Å². The Hall–Kier alpha value is -3.20. The molecule has 0 saturated carbocycles. The molecule has 4 aromatic rings. The molecule has 4 aromatic carbocycles. The van der Waals surface area contributed by atoms with E-state index >= 15 is 0 Å². The molecule has 0 aliphatic heterocycles. The number of hydrogen-bond donors (Lipinski definition) is 4. The Balaban J connectivity index is 0. The van der Waals surface area contributed by atoms with E-state index in [9.17, 15) is 26.3 Å². The van der Waals surface area contributed by atoms with Crippen LogP contribution < -0.4 is 21.2 Å². The summed E-state index contributed by atoms with van der Waals surface area (Å²) >= 11 is 0. The van der Waals surface area contributed by atoms with E-state index in [1.165, 1.54) is 27.6 Å². The van der Waals surface area contributed by atoms with Crippen molar-refractivity contribution in [3.63, 3.8) is 0 Å². The normalized spacial score (nSPS) is 11.6. The van der Waals surface area contributed by atoms with Gasteiger partial charge >= 0.3 is 24.3 Å². The number of carboxylic acids is 2. The molecule has 0 fully saturated rings. The van der Waals surface area contributed by atoms with Crippen molar-refractivity contribution < 1.29 is 75.8 Å². The fourth-order valence-electron chi connectivity index (χ4n) is 4.37. The minimum Gasteiger partial charge on any atom is -0.475 e. The van der Waals surface area contributed by atoms with Crippen molar-refractivity contribution in [3.05, 3.63) is 121 Å². The van der Waals surface area contributed by atoms with Gasteiger partial charge in [0.25, 0.3) is 0 Å². The van der Waals surface area contributed by atoms with Gasteiger partial charge < -0.3 is 20.4 Å². The van der Waals surface area contributed by atoms with Gasteiger partial charge in [0.2, 0.25) is 0 Å². The molecule has 0 unspecified atom stereocenters. The smallest absolute Gasteiger partial charge is 0.475 e. The largest absolute Gasteiger partial charge is 0.490 e. The van der Waals surface area contributed by atoms with E-state index in [1.807, 2.05) is 0 Å². The van der Waals surface area contributed by atoms with Gasteiger partial charge in [0, 0.05) is 33.7 Å². The molecule has 0 radical (unpaired) electrons. The molecule has 0 aromatic heterocycles. The van der Waals surface area contributed by atoms with Gasteiger partial charge in [-0.05, 0) is 54.8 Å². The molecule has 4 rings (SSSR count). The van der Waals surface area contributed by atoms with Crippen LogP contribution in [0.2, 0.25) is 0 Å². The number of carbonyl (C=O) groups is 2. The molecule has 0 heterocycles. The van der Waals surface area contributed by atoms with Crippen LogP contribution in [0.1, 0.15) is 20.3 Å². The number of aliphatic hydroxyl groups excluding tert-OH is 2. The molecular weight excluding hydrogens is 793 g/mol. The van der Waals surface area contributed by atoms with Crippen molar-refractivity contribution >= 4 is 49.0 Å². The van der Waals surface area contributed by atoms with Gasteiger partial charge in [-0.1, -0.05) is 135 Å².